The van der Waals surface area contributed by atoms with E-state index in [1.807, 2.05) is 36.4 Å². The smallest absolute Gasteiger partial charge is 0.0408 e. The zero-order valence-corrected chi connectivity index (χ0v) is 12.7. The Morgan fingerprint density at radius 1 is 0.556 bits per heavy atom. The van der Waals surface area contributed by atoms with E-state index >= 15 is 0 Å². The maximum absolute atomic E-state index is 5.72. The summed E-state index contributed by atoms with van der Waals surface area (Å²) in [4.78, 5) is 0. The van der Waals surface area contributed by atoms with Gasteiger partial charge in [0.05, 0.1) is 0 Å². The second-order valence-electron chi connectivity index (χ2n) is 4.46. The summed E-state index contributed by atoms with van der Waals surface area (Å²) in [6, 6.07) is 11.8. The largest absolute Gasteiger partial charge is 0.0843 e. The van der Waals surface area contributed by atoms with Crippen molar-refractivity contribution in [1.82, 2.24) is 0 Å². The first-order chi connectivity index (χ1) is 8.40. The molecule has 0 radical (unpaired) electrons. The van der Waals surface area contributed by atoms with Gasteiger partial charge >= 0.3 is 0 Å². The molecular formula is C16H18Cl2. The number of hydrogen-bond acceptors (Lipinski definition) is 0. The molecule has 0 saturated carbocycles. The zero-order chi connectivity index (χ0) is 13.7. The minimum Gasteiger partial charge on any atom is -0.0843 e. The van der Waals surface area contributed by atoms with E-state index < -0.39 is 0 Å². The molecule has 2 aromatic rings. The van der Waals surface area contributed by atoms with Crippen LogP contribution in [0, 0.1) is 27.7 Å². The summed E-state index contributed by atoms with van der Waals surface area (Å²) in [6.07, 6.45) is 0. The molecule has 2 aromatic carbocycles. The van der Waals surface area contributed by atoms with Gasteiger partial charge < -0.3 is 0 Å². The molecule has 0 fully saturated rings. The fraction of sp³-hybridized carbons (Fsp3) is 0.250. The lowest BCUT2D eigenvalue weighted by molar-refractivity contribution is 1.34. The first-order valence-electron chi connectivity index (χ1n) is 5.85. The van der Waals surface area contributed by atoms with E-state index in [0.717, 1.165) is 10.0 Å². The van der Waals surface area contributed by atoms with Gasteiger partial charge in [-0.25, -0.2) is 0 Å². The maximum atomic E-state index is 5.72. The summed E-state index contributed by atoms with van der Waals surface area (Å²) in [5.74, 6) is 0. The number of aryl methyl sites for hydroxylation is 4. The molecular weight excluding hydrogens is 263 g/mol. The van der Waals surface area contributed by atoms with Crippen LogP contribution in [0.3, 0.4) is 0 Å². The Bertz CT molecular complexity index is 481. The van der Waals surface area contributed by atoms with E-state index in [9.17, 15) is 0 Å². The Kier molecular flexibility index (Phi) is 5.71. The van der Waals surface area contributed by atoms with Crippen LogP contribution in [0.2, 0.25) is 10.0 Å². The average Bonchev–Trinajstić information content (AvgIpc) is 2.30. The van der Waals surface area contributed by atoms with Gasteiger partial charge in [0, 0.05) is 10.0 Å². The van der Waals surface area contributed by atoms with Gasteiger partial charge in [0.15, 0.2) is 0 Å². The molecule has 0 aliphatic heterocycles. The molecule has 0 aliphatic rings. The third-order valence-electron chi connectivity index (χ3n) is 2.94. The predicted octanol–water partition coefficient (Wildman–Crippen LogP) is 5.91. The van der Waals surface area contributed by atoms with E-state index in [1.165, 1.54) is 22.3 Å². The highest BCUT2D eigenvalue weighted by atomic mass is 35.5. The molecule has 0 aromatic heterocycles. The number of benzene rings is 2. The van der Waals surface area contributed by atoms with E-state index in [4.69, 9.17) is 23.2 Å². The summed E-state index contributed by atoms with van der Waals surface area (Å²) in [7, 11) is 0. The Balaban J connectivity index is 0.000000180. The number of hydrogen-bond donors (Lipinski definition) is 0. The summed E-state index contributed by atoms with van der Waals surface area (Å²) >= 11 is 11.4. The van der Waals surface area contributed by atoms with Crippen molar-refractivity contribution in [3.8, 4) is 0 Å². The van der Waals surface area contributed by atoms with Crippen LogP contribution < -0.4 is 0 Å². The van der Waals surface area contributed by atoms with Gasteiger partial charge in [-0.3, -0.25) is 0 Å². The lowest BCUT2D eigenvalue weighted by Gasteiger charge is -1.97. The molecule has 2 rings (SSSR count). The van der Waals surface area contributed by atoms with Crippen LogP contribution >= 0.6 is 23.2 Å². The summed E-state index contributed by atoms with van der Waals surface area (Å²) in [5.41, 5.74) is 5.09. The summed E-state index contributed by atoms with van der Waals surface area (Å²) < 4.78 is 0. The van der Waals surface area contributed by atoms with Crippen molar-refractivity contribution in [1.29, 1.82) is 0 Å². The topological polar surface area (TPSA) is 0 Å². The Labute approximate surface area is 120 Å². The number of halogens is 2. The molecule has 96 valence electrons. The molecule has 0 bridgehead atoms. The molecule has 0 spiro atoms. The van der Waals surface area contributed by atoms with E-state index in [1.54, 1.807) is 0 Å². The van der Waals surface area contributed by atoms with Crippen molar-refractivity contribution in [3.05, 3.63) is 68.7 Å². The van der Waals surface area contributed by atoms with Crippen molar-refractivity contribution < 1.29 is 0 Å². The van der Waals surface area contributed by atoms with Crippen molar-refractivity contribution in [2.45, 2.75) is 27.7 Å². The lowest BCUT2D eigenvalue weighted by atomic mass is 10.1. The normalized spacial score (nSPS) is 9.67. The van der Waals surface area contributed by atoms with E-state index in [2.05, 4.69) is 27.7 Å². The Morgan fingerprint density at radius 3 is 1.11 bits per heavy atom. The van der Waals surface area contributed by atoms with Gasteiger partial charge in [0.2, 0.25) is 0 Å². The molecule has 0 heterocycles. The first-order valence-corrected chi connectivity index (χ1v) is 6.61. The lowest BCUT2D eigenvalue weighted by Crippen LogP contribution is -1.77. The van der Waals surface area contributed by atoms with Gasteiger partial charge in [-0.15, -0.1) is 0 Å². The van der Waals surface area contributed by atoms with Crippen molar-refractivity contribution in [3.63, 3.8) is 0 Å². The zero-order valence-electron chi connectivity index (χ0n) is 11.2. The summed E-state index contributed by atoms with van der Waals surface area (Å²) in [6.45, 7) is 8.26. The fourth-order valence-electron chi connectivity index (χ4n) is 1.41. The minimum atomic E-state index is 0.818. The first kappa shape index (κ1) is 15.1. The van der Waals surface area contributed by atoms with E-state index in [-0.39, 0.29) is 0 Å². The third-order valence-corrected chi connectivity index (χ3v) is 3.41. The molecule has 0 unspecified atom stereocenters. The molecule has 0 nitrogen and oxygen atoms in total. The Hall–Kier alpha value is -0.980. The standard InChI is InChI=1S/2C8H9Cl/c2*1-6-3-4-8(9)5-7(6)2/h2*3-5H,1-2H3. The summed E-state index contributed by atoms with van der Waals surface area (Å²) in [5, 5.41) is 1.64. The Morgan fingerprint density at radius 2 is 0.889 bits per heavy atom. The fourth-order valence-corrected chi connectivity index (χ4v) is 1.86. The van der Waals surface area contributed by atoms with Gasteiger partial charge in [-0.1, -0.05) is 35.3 Å². The van der Waals surface area contributed by atoms with Crippen LogP contribution in [0.1, 0.15) is 22.3 Å². The minimum absolute atomic E-state index is 0.818. The molecule has 18 heavy (non-hydrogen) atoms. The van der Waals surface area contributed by atoms with Crippen LogP contribution in [0.15, 0.2) is 36.4 Å². The van der Waals surface area contributed by atoms with Gasteiger partial charge in [0.25, 0.3) is 0 Å². The van der Waals surface area contributed by atoms with Crippen molar-refractivity contribution in [2.24, 2.45) is 0 Å². The van der Waals surface area contributed by atoms with Crippen LogP contribution in [0.4, 0.5) is 0 Å². The van der Waals surface area contributed by atoms with Crippen LogP contribution in [0.5, 0.6) is 0 Å². The molecule has 0 atom stereocenters. The van der Waals surface area contributed by atoms with Crippen LogP contribution in [-0.2, 0) is 0 Å². The molecule has 0 aliphatic carbocycles. The van der Waals surface area contributed by atoms with Gasteiger partial charge in [0.1, 0.15) is 0 Å². The highest BCUT2D eigenvalue weighted by molar-refractivity contribution is 6.30. The third kappa shape index (κ3) is 4.72. The highest BCUT2D eigenvalue weighted by Crippen LogP contribution is 2.14. The predicted molar refractivity (Wildman–Crippen MR) is 81.9 cm³/mol. The SMILES string of the molecule is Cc1ccc(Cl)cc1C.Cc1ccc(Cl)cc1C. The average molecular weight is 281 g/mol. The maximum Gasteiger partial charge on any atom is 0.0408 e. The molecule has 0 N–H and O–H groups in total. The van der Waals surface area contributed by atoms with E-state index in [0.29, 0.717) is 0 Å². The van der Waals surface area contributed by atoms with Crippen molar-refractivity contribution >= 4 is 23.2 Å². The molecule has 2 heteroatoms. The second-order valence-corrected chi connectivity index (χ2v) is 5.33. The van der Waals surface area contributed by atoms with Crippen molar-refractivity contribution in [2.75, 3.05) is 0 Å². The van der Waals surface area contributed by atoms with Crippen LogP contribution in [-0.4, -0.2) is 0 Å². The van der Waals surface area contributed by atoms with Gasteiger partial charge in [-0.05, 0) is 74.2 Å². The monoisotopic (exact) mass is 280 g/mol. The molecule has 0 saturated heterocycles. The van der Waals surface area contributed by atoms with Crippen LogP contribution in [0.25, 0.3) is 0 Å². The highest BCUT2D eigenvalue weighted by Gasteiger charge is 1.91. The number of rotatable bonds is 0. The second kappa shape index (κ2) is 6.82. The quantitative estimate of drug-likeness (QED) is 0.562. The van der Waals surface area contributed by atoms with Gasteiger partial charge in [-0.2, -0.15) is 0 Å². The molecule has 0 amide bonds.